The van der Waals surface area contributed by atoms with E-state index in [0.29, 0.717) is 12.0 Å². The number of carbonyl (C=O) groups excluding carboxylic acids is 3. The SMILES string of the molecule is Cc1ccc(C(=O)NCC(=O)OCC(=O)N(C)[C@H]2CCS(=O)(=O)C2)cc1C. The number of likely N-dealkylation sites (N-methyl/N-ethyl adjacent to an activating group) is 1. The lowest BCUT2D eigenvalue weighted by Crippen LogP contribution is -2.41. The Balaban J connectivity index is 1.76. The number of esters is 1. The highest BCUT2D eigenvalue weighted by molar-refractivity contribution is 7.91. The van der Waals surface area contributed by atoms with E-state index in [1.54, 1.807) is 12.1 Å². The molecule has 0 radical (unpaired) electrons. The summed E-state index contributed by atoms with van der Waals surface area (Å²) in [4.78, 5) is 37.1. The molecule has 148 valence electrons. The first kappa shape index (κ1) is 20.9. The predicted molar refractivity (Wildman–Crippen MR) is 99.0 cm³/mol. The average molecular weight is 396 g/mol. The molecule has 1 fully saturated rings. The molecule has 1 aromatic rings. The number of amides is 2. The molecule has 1 heterocycles. The molecule has 2 amide bonds. The molecule has 1 saturated heterocycles. The molecule has 9 heteroatoms. The van der Waals surface area contributed by atoms with Gasteiger partial charge in [0.05, 0.1) is 11.5 Å². The molecule has 0 bridgehead atoms. The van der Waals surface area contributed by atoms with Gasteiger partial charge in [0, 0.05) is 18.7 Å². The number of ether oxygens (including phenoxy) is 1. The van der Waals surface area contributed by atoms with Gasteiger partial charge in [0.15, 0.2) is 16.4 Å². The third-order valence-electron chi connectivity index (χ3n) is 4.67. The second-order valence-corrected chi connectivity index (χ2v) is 8.93. The Hall–Kier alpha value is -2.42. The number of hydrogen-bond acceptors (Lipinski definition) is 6. The van der Waals surface area contributed by atoms with Crippen LogP contribution in [0.3, 0.4) is 0 Å². The Kier molecular flexibility index (Phi) is 6.59. The second-order valence-electron chi connectivity index (χ2n) is 6.70. The highest BCUT2D eigenvalue weighted by Crippen LogP contribution is 2.16. The van der Waals surface area contributed by atoms with E-state index in [1.807, 2.05) is 19.9 Å². The molecule has 1 atom stereocenters. The summed E-state index contributed by atoms with van der Waals surface area (Å²) in [5, 5.41) is 2.45. The van der Waals surface area contributed by atoms with Gasteiger partial charge in [-0.05, 0) is 43.5 Å². The number of sulfone groups is 1. The fourth-order valence-electron chi connectivity index (χ4n) is 2.72. The molecule has 1 aromatic carbocycles. The van der Waals surface area contributed by atoms with Gasteiger partial charge in [-0.25, -0.2) is 8.42 Å². The molecule has 0 saturated carbocycles. The van der Waals surface area contributed by atoms with Crippen LogP contribution in [0.2, 0.25) is 0 Å². The lowest BCUT2D eigenvalue weighted by molar-refractivity contribution is -0.151. The first-order valence-electron chi connectivity index (χ1n) is 8.56. The molecule has 8 nitrogen and oxygen atoms in total. The maximum absolute atomic E-state index is 12.0. The predicted octanol–water partition coefficient (Wildman–Crippen LogP) is 0.222. The van der Waals surface area contributed by atoms with E-state index in [9.17, 15) is 22.8 Å². The molecular formula is C18H24N2O6S. The molecular weight excluding hydrogens is 372 g/mol. The standard InChI is InChI=1S/C18H24N2O6S/c1-12-4-5-14(8-13(12)2)18(23)19-9-17(22)26-10-16(21)20(3)15-6-7-27(24,25)11-15/h4-5,8,15H,6-7,9-11H2,1-3H3,(H,19,23)/t15-/m0/s1. The van der Waals surface area contributed by atoms with Crippen LogP contribution in [0, 0.1) is 13.8 Å². The van der Waals surface area contributed by atoms with Crippen LogP contribution in [0.4, 0.5) is 0 Å². The number of aryl methyl sites for hydroxylation is 2. The number of carbonyl (C=O) groups is 3. The quantitative estimate of drug-likeness (QED) is 0.689. The molecule has 1 aliphatic heterocycles. The topological polar surface area (TPSA) is 110 Å². The molecule has 0 unspecified atom stereocenters. The van der Waals surface area contributed by atoms with Crippen LogP contribution in [-0.4, -0.2) is 68.8 Å². The van der Waals surface area contributed by atoms with Crippen molar-refractivity contribution in [2.45, 2.75) is 26.3 Å². The van der Waals surface area contributed by atoms with Crippen LogP contribution in [-0.2, 0) is 24.2 Å². The summed E-state index contributed by atoms with van der Waals surface area (Å²) >= 11 is 0. The summed E-state index contributed by atoms with van der Waals surface area (Å²) in [7, 11) is -1.62. The average Bonchev–Trinajstić information content (AvgIpc) is 2.99. The largest absolute Gasteiger partial charge is 0.454 e. The maximum atomic E-state index is 12.0. The summed E-state index contributed by atoms with van der Waals surface area (Å²) in [6, 6.07) is 4.81. The number of hydrogen-bond donors (Lipinski definition) is 1. The van der Waals surface area contributed by atoms with Crippen molar-refractivity contribution in [1.29, 1.82) is 0 Å². The minimum atomic E-state index is -3.10. The third kappa shape index (κ3) is 5.78. The first-order chi connectivity index (χ1) is 12.6. The van der Waals surface area contributed by atoms with Gasteiger partial charge in [0.25, 0.3) is 11.8 Å². The molecule has 0 aliphatic carbocycles. The van der Waals surface area contributed by atoms with E-state index in [0.717, 1.165) is 11.1 Å². The lowest BCUT2D eigenvalue weighted by atomic mass is 10.1. The van der Waals surface area contributed by atoms with E-state index in [1.165, 1.54) is 11.9 Å². The zero-order valence-corrected chi connectivity index (χ0v) is 16.5. The summed E-state index contributed by atoms with van der Waals surface area (Å²) in [6.45, 7) is 2.97. The number of rotatable bonds is 6. The maximum Gasteiger partial charge on any atom is 0.325 e. The van der Waals surface area contributed by atoms with Crippen LogP contribution >= 0.6 is 0 Å². The van der Waals surface area contributed by atoms with Gasteiger partial charge in [0.1, 0.15) is 6.54 Å². The highest BCUT2D eigenvalue weighted by atomic mass is 32.2. The van der Waals surface area contributed by atoms with Crippen LogP contribution in [0.5, 0.6) is 0 Å². The van der Waals surface area contributed by atoms with Crippen molar-refractivity contribution in [3.8, 4) is 0 Å². The van der Waals surface area contributed by atoms with Gasteiger partial charge in [-0.2, -0.15) is 0 Å². The first-order valence-corrected chi connectivity index (χ1v) is 10.4. The van der Waals surface area contributed by atoms with Crippen molar-refractivity contribution in [3.05, 3.63) is 34.9 Å². The molecule has 1 N–H and O–H groups in total. The van der Waals surface area contributed by atoms with Gasteiger partial charge < -0.3 is 15.0 Å². The lowest BCUT2D eigenvalue weighted by Gasteiger charge is -2.23. The number of nitrogens with one attached hydrogen (secondary N) is 1. The molecule has 2 rings (SSSR count). The molecule has 27 heavy (non-hydrogen) atoms. The number of benzene rings is 1. The summed E-state index contributed by atoms with van der Waals surface area (Å²) < 4.78 is 27.8. The zero-order valence-electron chi connectivity index (χ0n) is 15.6. The van der Waals surface area contributed by atoms with Crippen molar-refractivity contribution in [2.75, 3.05) is 31.7 Å². The van der Waals surface area contributed by atoms with E-state index < -0.39 is 40.3 Å². The minimum Gasteiger partial charge on any atom is -0.454 e. The van der Waals surface area contributed by atoms with Gasteiger partial charge >= 0.3 is 5.97 Å². The Bertz CT molecular complexity index is 849. The normalized spacial score (nSPS) is 18.0. The highest BCUT2D eigenvalue weighted by Gasteiger charge is 2.32. The van der Waals surface area contributed by atoms with Crippen molar-refractivity contribution in [3.63, 3.8) is 0 Å². The van der Waals surface area contributed by atoms with Crippen LogP contribution in [0.1, 0.15) is 27.9 Å². The van der Waals surface area contributed by atoms with E-state index >= 15 is 0 Å². The fourth-order valence-corrected chi connectivity index (χ4v) is 4.49. The van der Waals surface area contributed by atoms with E-state index in [-0.39, 0.29) is 18.1 Å². The summed E-state index contributed by atoms with van der Waals surface area (Å²) in [5.41, 5.74) is 2.46. The molecule has 0 spiro atoms. The minimum absolute atomic E-state index is 0.0551. The summed E-state index contributed by atoms with van der Waals surface area (Å²) in [5.74, 6) is -1.65. The number of nitrogens with zero attached hydrogens (tertiary/aromatic N) is 1. The Morgan fingerprint density at radius 1 is 1.22 bits per heavy atom. The van der Waals surface area contributed by atoms with Gasteiger partial charge in [-0.15, -0.1) is 0 Å². The Morgan fingerprint density at radius 2 is 1.93 bits per heavy atom. The monoisotopic (exact) mass is 396 g/mol. The van der Waals surface area contributed by atoms with Crippen molar-refractivity contribution in [1.82, 2.24) is 10.2 Å². The smallest absolute Gasteiger partial charge is 0.325 e. The van der Waals surface area contributed by atoms with Crippen molar-refractivity contribution < 1.29 is 27.5 Å². The molecule has 1 aliphatic rings. The van der Waals surface area contributed by atoms with Gasteiger partial charge in [-0.1, -0.05) is 6.07 Å². The van der Waals surface area contributed by atoms with E-state index in [2.05, 4.69) is 5.32 Å². The van der Waals surface area contributed by atoms with Crippen molar-refractivity contribution >= 4 is 27.6 Å². The fraction of sp³-hybridized carbons (Fsp3) is 0.500. The molecule has 0 aromatic heterocycles. The van der Waals surface area contributed by atoms with Crippen molar-refractivity contribution in [2.24, 2.45) is 0 Å². The van der Waals surface area contributed by atoms with Crippen LogP contribution < -0.4 is 5.32 Å². The van der Waals surface area contributed by atoms with Gasteiger partial charge in [-0.3, -0.25) is 14.4 Å². The van der Waals surface area contributed by atoms with Crippen LogP contribution in [0.15, 0.2) is 18.2 Å². The second kappa shape index (κ2) is 8.51. The zero-order chi connectivity index (χ0) is 20.2. The van der Waals surface area contributed by atoms with Gasteiger partial charge in [0.2, 0.25) is 0 Å². The Morgan fingerprint density at radius 3 is 2.52 bits per heavy atom. The van der Waals surface area contributed by atoms with E-state index in [4.69, 9.17) is 4.74 Å². The Labute approximate surface area is 158 Å². The summed E-state index contributed by atoms with van der Waals surface area (Å²) in [6.07, 6.45) is 0.380. The third-order valence-corrected chi connectivity index (χ3v) is 6.42. The van der Waals surface area contributed by atoms with Crippen LogP contribution in [0.25, 0.3) is 0 Å².